The van der Waals surface area contributed by atoms with Crippen molar-refractivity contribution in [2.45, 2.75) is 18.6 Å². The highest BCUT2D eigenvalue weighted by atomic mass is 19.1. The van der Waals surface area contributed by atoms with Crippen LogP contribution in [0.5, 0.6) is 5.75 Å². The molecule has 0 unspecified atom stereocenters. The van der Waals surface area contributed by atoms with Gasteiger partial charge in [0, 0.05) is 32.0 Å². The van der Waals surface area contributed by atoms with E-state index in [2.05, 4.69) is 0 Å². The van der Waals surface area contributed by atoms with E-state index in [1.807, 2.05) is 0 Å². The maximum atomic E-state index is 12.9. The highest BCUT2D eigenvalue weighted by Crippen LogP contribution is 2.32. The van der Waals surface area contributed by atoms with Gasteiger partial charge in [0.2, 0.25) is 0 Å². The average Bonchev–Trinajstić information content (AvgIpc) is 2.87. The van der Waals surface area contributed by atoms with E-state index < -0.39 is 11.6 Å². The molecule has 0 radical (unpaired) electrons. The first-order chi connectivity index (χ1) is 9.60. The number of benzene rings is 1. The standard InChI is InChI=1S/C14H16FNO4/c15-10-1-2-11(12(17)9-10)13(18)16-5-3-14(4-6-16)19-7-8-20-14/h1-2,9,17H,3-8H2. The Morgan fingerprint density at radius 1 is 1.25 bits per heavy atom. The summed E-state index contributed by atoms with van der Waals surface area (Å²) in [6, 6.07) is 3.42. The lowest BCUT2D eigenvalue weighted by atomic mass is 10.0. The lowest BCUT2D eigenvalue weighted by Gasteiger charge is -2.37. The van der Waals surface area contributed by atoms with Crippen molar-refractivity contribution in [1.82, 2.24) is 4.90 Å². The maximum Gasteiger partial charge on any atom is 0.257 e. The third-order valence-electron chi connectivity index (χ3n) is 3.82. The Bertz CT molecular complexity index is 518. The molecule has 0 aliphatic carbocycles. The predicted octanol–water partition coefficient (Wildman–Crippen LogP) is 1.51. The van der Waals surface area contributed by atoms with Crippen LogP contribution in [0, 0.1) is 5.82 Å². The summed E-state index contributed by atoms with van der Waals surface area (Å²) in [5.74, 6) is -1.73. The number of likely N-dealkylation sites (tertiary alicyclic amines) is 1. The largest absolute Gasteiger partial charge is 0.507 e. The number of amides is 1. The van der Waals surface area contributed by atoms with Gasteiger partial charge in [-0.25, -0.2) is 4.39 Å². The molecule has 2 fully saturated rings. The molecule has 5 nitrogen and oxygen atoms in total. The number of carbonyl (C=O) groups is 1. The van der Waals surface area contributed by atoms with Gasteiger partial charge < -0.3 is 19.5 Å². The van der Waals surface area contributed by atoms with Crippen molar-refractivity contribution < 1.29 is 23.8 Å². The number of hydrogen-bond acceptors (Lipinski definition) is 4. The number of ether oxygens (including phenoxy) is 2. The number of rotatable bonds is 1. The number of piperidine rings is 1. The molecular weight excluding hydrogens is 265 g/mol. The smallest absolute Gasteiger partial charge is 0.257 e. The molecule has 1 aromatic rings. The topological polar surface area (TPSA) is 59.0 Å². The van der Waals surface area contributed by atoms with Gasteiger partial charge >= 0.3 is 0 Å². The van der Waals surface area contributed by atoms with E-state index in [0.717, 1.165) is 6.07 Å². The molecule has 1 aromatic carbocycles. The summed E-state index contributed by atoms with van der Waals surface area (Å²) < 4.78 is 24.1. The van der Waals surface area contributed by atoms with Gasteiger partial charge in [0.25, 0.3) is 5.91 Å². The summed E-state index contributed by atoms with van der Waals surface area (Å²) in [6.07, 6.45) is 1.22. The highest BCUT2D eigenvalue weighted by molar-refractivity contribution is 5.96. The second-order valence-electron chi connectivity index (χ2n) is 5.06. The van der Waals surface area contributed by atoms with Crippen LogP contribution in [0.3, 0.4) is 0 Å². The molecule has 20 heavy (non-hydrogen) atoms. The Labute approximate surface area is 115 Å². The van der Waals surface area contributed by atoms with Crippen LogP contribution in [0.4, 0.5) is 4.39 Å². The predicted molar refractivity (Wildman–Crippen MR) is 67.8 cm³/mol. The zero-order valence-corrected chi connectivity index (χ0v) is 11.0. The summed E-state index contributed by atoms with van der Waals surface area (Å²) in [7, 11) is 0. The van der Waals surface area contributed by atoms with E-state index in [9.17, 15) is 14.3 Å². The Kier molecular flexibility index (Phi) is 3.35. The monoisotopic (exact) mass is 281 g/mol. The lowest BCUT2D eigenvalue weighted by Crippen LogP contribution is -2.47. The minimum absolute atomic E-state index is 0.121. The van der Waals surface area contributed by atoms with Crippen molar-refractivity contribution in [2.24, 2.45) is 0 Å². The average molecular weight is 281 g/mol. The Morgan fingerprint density at radius 3 is 2.50 bits per heavy atom. The summed E-state index contributed by atoms with van der Waals surface area (Å²) in [5, 5.41) is 9.66. The number of phenols is 1. The van der Waals surface area contributed by atoms with Crippen LogP contribution < -0.4 is 0 Å². The van der Waals surface area contributed by atoms with Gasteiger partial charge in [-0.1, -0.05) is 0 Å². The van der Waals surface area contributed by atoms with Gasteiger partial charge in [-0.3, -0.25) is 4.79 Å². The summed E-state index contributed by atoms with van der Waals surface area (Å²) in [4.78, 5) is 13.9. The third kappa shape index (κ3) is 2.36. The first kappa shape index (κ1) is 13.3. The van der Waals surface area contributed by atoms with Gasteiger partial charge in [0.15, 0.2) is 5.79 Å². The number of aromatic hydroxyl groups is 1. The molecule has 0 atom stereocenters. The third-order valence-corrected chi connectivity index (χ3v) is 3.82. The van der Waals surface area contributed by atoms with E-state index in [0.29, 0.717) is 39.1 Å². The fourth-order valence-electron chi connectivity index (χ4n) is 2.69. The second kappa shape index (κ2) is 5.03. The molecule has 0 aromatic heterocycles. The first-order valence-corrected chi connectivity index (χ1v) is 6.65. The van der Waals surface area contributed by atoms with Crippen molar-refractivity contribution in [1.29, 1.82) is 0 Å². The zero-order chi connectivity index (χ0) is 14.2. The summed E-state index contributed by atoms with van der Waals surface area (Å²) >= 11 is 0. The van der Waals surface area contributed by atoms with Gasteiger partial charge in [-0.15, -0.1) is 0 Å². The maximum absolute atomic E-state index is 12.9. The molecule has 1 N–H and O–H groups in total. The van der Waals surface area contributed by atoms with Crippen LogP contribution in [0.15, 0.2) is 18.2 Å². The highest BCUT2D eigenvalue weighted by Gasteiger charge is 2.41. The normalized spacial score (nSPS) is 21.4. The van der Waals surface area contributed by atoms with Crippen LogP contribution in [0.1, 0.15) is 23.2 Å². The van der Waals surface area contributed by atoms with E-state index in [1.54, 1.807) is 4.90 Å². The van der Waals surface area contributed by atoms with Gasteiger partial charge in [0.1, 0.15) is 11.6 Å². The van der Waals surface area contributed by atoms with E-state index in [-0.39, 0.29) is 17.2 Å². The number of phenolic OH excluding ortho intramolecular Hbond substituents is 1. The molecule has 0 bridgehead atoms. The van der Waals surface area contributed by atoms with E-state index >= 15 is 0 Å². The van der Waals surface area contributed by atoms with E-state index in [4.69, 9.17) is 9.47 Å². The Hall–Kier alpha value is -1.66. The number of hydrogen-bond donors (Lipinski definition) is 1. The van der Waals surface area contributed by atoms with Crippen molar-refractivity contribution in [3.05, 3.63) is 29.6 Å². The molecule has 3 rings (SSSR count). The molecule has 2 aliphatic rings. The van der Waals surface area contributed by atoms with Crippen LogP contribution >= 0.6 is 0 Å². The Balaban J connectivity index is 1.69. The molecule has 2 saturated heterocycles. The van der Waals surface area contributed by atoms with Gasteiger partial charge in [0.05, 0.1) is 18.8 Å². The van der Waals surface area contributed by atoms with Crippen molar-refractivity contribution in [3.63, 3.8) is 0 Å². The zero-order valence-electron chi connectivity index (χ0n) is 11.0. The van der Waals surface area contributed by atoms with Crippen molar-refractivity contribution >= 4 is 5.91 Å². The minimum Gasteiger partial charge on any atom is -0.507 e. The van der Waals surface area contributed by atoms with Crippen LogP contribution in [0.25, 0.3) is 0 Å². The summed E-state index contributed by atoms with van der Waals surface area (Å²) in [6.45, 7) is 2.17. The van der Waals surface area contributed by atoms with Crippen LogP contribution in [0.2, 0.25) is 0 Å². The lowest BCUT2D eigenvalue weighted by molar-refractivity contribution is -0.181. The number of halogens is 1. The quantitative estimate of drug-likeness (QED) is 0.847. The SMILES string of the molecule is O=C(c1ccc(F)cc1O)N1CCC2(CC1)OCCO2. The molecule has 6 heteroatoms. The second-order valence-corrected chi connectivity index (χ2v) is 5.06. The fraction of sp³-hybridized carbons (Fsp3) is 0.500. The molecular formula is C14H16FNO4. The molecule has 2 heterocycles. The molecule has 2 aliphatic heterocycles. The van der Waals surface area contributed by atoms with E-state index in [1.165, 1.54) is 12.1 Å². The molecule has 1 amide bonds. The Morgan fingerprint density at radius 2 is 1.90 bits per heavy atom. The molecule has 108 valence electrons. The van der Waals surface area contributed by atoms with Gasteiger partial charge in [-0.05, 0) is 12.1 Å². The van der Waals surface area contributed by atoms with Crippen LogP contribution in [-0.2, 0) is 9.47 Å². The van der Waals surface area contributed by atoms with Crippen molar-refractivity contribution in [2.75, 3.05) is 26.3 Å². The minimum atomic E-state index is -0.565. The first-order valence-electron chi connectivity index (χ1n) is 6.65. The number of nitrogens with zero attached hydrogens (tertiary/aromatic N) is 1. The summed E-state index contributed by atoms with van der Waals surface area (Å²) in [5.41, 5.74) is 0.121. The van der Waals surface area contributed by atoms with Gasteiger partial charge in [-0.2, -0.15) is 0 Å². The molecule has 0 saturated carbocycles. The van der Waals surface area contributed by atoms with Crippen molar-refractivity contribution in [3.8, 4) is 5.75 Å². The molecule has 1 spiro atoms. The van der Waals surface area contributed by atoms with Crippen LogP contribution in [-0.4, -0.2) is 48.0 Å². The fourth-order valence-corrected chi connectivity index (χ4v) is 2.69. The number of carbonyl (C=O) groups excluding carboxylic acids is 1.